The zero-order valence-corrected chi connectivity index (χ0v) is 8.55. The van der Waals surface area contributed by atoms with Gasteiger partial charge >= 0.3 is 0 Å². The number of hydrogen-bond acceptors (Lipinski definition) is 4. The SMILES string of the molecule is NNC(=NCc1cscn1)NC1CC1. The normalized spacial score (nSPS) is 16.8. The van der Waals surface area contributed by atoms with Crippen LogP contribution < -0.4 is 16.6 Å². The summed E-state index contributed by atoms with van der Waals surface area (Å²) in [5, 5.41) is 5.17. The second-order valence-electron chi connectivity index (χ2n) is 3.21. The zero-order chi connectivity index (χ0) is 9.80. The third kappa shape index (κ3) is 2.68. The molecule has 6 heteroatoms. The first-order chi connectivity index (χ1) is 6.88. The number of hydrogen-bond donors (Lipinski definition) is 3. The first-order valence-corrected chi connectivity index (χ1v) is 5.47. The molecule has 0 aromatic carbocycles. The van der Waals surface area contributed by atoms with Gasteiger partial charge in [0.15, 0.2) is 0 Å². The smallest absolute Gasteiger partial charge is 0.206 e. The number of aromatic nitrogens is 1. The van der Waals surface area contributed by atoms with E-state index in [1.54, 1.807) is 16.8 Å². The van der Waals surface area contributed by atoms with Crippen molar-refractivity contribution in [2.75, 3.05) is 0 Å². The third-order valence-electron chi connectivity index (χ3n) is 1.94. The molecule has 1 heterocycles. The van der Waals surface area contributed by atoms with E-state index in [1.807, 2.05) is 5.38 Å². The van der Waals surface area contributed by atoms with Gasteiger partial charge in [-0.05, 0) is 12.8 Å². The van der Waals surface area contributed by atoms with Gasteiger partial charge < -0.3 is 5.32 Å². The minimum Gasteiger partial charge on any atom is -0.353 e. The number of nitrogens with one attached hydrogen (secondary N) is 2. The molecule has 76 valence electrons. The Balaban J connectivity index is 1.86. The largest absolute Gasteiger partial charge is 0.353 e. The van der Waals surface area contributed by atoms with Gasteiger partial charge in [-0.3, -0.25) is 5.43 Å². The van der Waals surface area contributed by atoms with Crippen molar-refractivity contribution in [1.29, 1.82) is 0 Å². The van der Waals surface area contributed by atoms with Crippen molar-refractivity contribution in [3.05, 3.63) is 16.6 Å². The first-order valence-electron chi connectivity index (χ1n) is 4.53. The second-order valence-corrected chi connectivity index (χ2v) is 3.93. The highest BCUT2D eigenvalue weighted by Gasteiger charge is 2.21. The highest BCUT2D eigenvalue weighted by atomic mass is 32.1. The quantitative estimate of drug-likeness (QED) is 0.289. The Morgan fingerprint density at radius 2 is 2.57 bits per heavy atom. The molecule has 5 nitrogen and oxygen atoms in total. The first kappa shape index (κ1) is 9.42. The molecule has 0 atom stereocenters. The van der Waals surface area contributed by atoms with Gasteiger partial charge in [0.2, 0.25) is 5.96 Å². The Morgan fingerprint density at radius 1 is 1.71 bits per heavy atom. The van der Waals surface area contributed by atoms with Crippen LogP contribution in [-0.4, -0.2) is 17.0 Å². The van der Waals surface area contributed by atoms with Gasteiger partial charge in [0.05, 0.1) is 17.7 Å². The molecular formula is C8H13N5S. The Kier molecular flexibility index (Phi) is 2.95. The van der Waals surface area contributed by atoms with Crippen LogP contribution in [0.1, 0.15) is 18.5 Å². The van der Waals surface area contributed by atoms with Crippen molar-refractivity contribution in [3.8, 4) is 0 Å². The lowest BCUT2D eigenvalue weighted by Crippen LogP contribution is -2.42. The Morgan fingerprint density at radius 3 is 3.14 bits per heavy atom. The number of nitrogens with zero attached hydrogens (tertiary/aromatic N) is 2. The van der Waals surface area contributed by atoms with E-state index in [-0.39, 0.29) is 0 Å². The van der Waals surface area contributed by atoms with Crippen LogP contribution in [-0.2, 0) is 6.54 Å². The van der Waals surface area contributed by atoms with Gasteiger partial charge in [-0.2, -0.15) is 0 Å². The third-order valence-corrected chi connectivity index (χ3v) is 2.57. The Bertz CT molecular complexity index is 304. The van der Waals surface area contributed by atoms with Crippen molar-refractivity contribution in [1.82, 2.24) is 15.7 Å². The molecule has 1 aromatic rings. The van der Waals surface area contributed by atoms with Crippen molar-refractivity contribution in [2.24, 2.45) is 10.8 Å². The molecule has 0 bridgehead atoms. The van der Waals surface area contributed by atoms with Gasteiger partial charge in [0, 0.05) is 11.4 Å². The summed E-state index contributed by atoms with van der Waals surface area (Å²) in [7, 11) is 0. The van der Waals surface area contributed by atoms with E-state index in [4.69, 9.17) is 5.84 Å². The number of nitrogens with two attached hydrogens (primary N) is 1. The molecular weight excluding hydrogens is 198 g/mol. The minimum atomic E-state index is 0.556. The molecule has 0 saturated heterocycles. The summed E-state index contributed by atoms with van der Waals surface area (Å²) in [6.45, 7) is 0.572. The van der Waals surface area contributed by atoms with Crippen molar-refractivity contribution < 1.29 is 0 Å². The van der Waals surface area contributed by atoms with Gasteiger partial charge in [-0.25, -0.2) is 15.8 Å². The number of guanidine groups is 1. The fraction of sp³-hybridized carbons (Fsp3) is 0.500. The molecule has 0 spiro atoms. The summed E-state index contributed by atoms with van der Waals surface area (Å²) in [5.41, 5.74) is 5.32. The van der Waals surface area contributed by atoms with Gasteiger partial charge in [0.1, 0.15) is 0 Å². The molecule has 4 N–H and O–H groups in total. The Hall–Kier alpha value is -1.14. The predicted molar refractivity (Wildman–Crippen MR) is 56.7 cm³/mol. The van der Waals surface area contributed by atoms with Crippen LogP contribution in [0.2, 0.25) is 0 Å². The molecule has 0 amide bonds. The van der Waals surface area contributed by atoms with Crippen LogP contribution >= 0.6 is 11.3 Å². The van der Waals surface area contributed by atoms with E-state index in [9.17, 15) is 0 Å². The van der Waals surface area contributed by atoms with Gasteiger partial charge in [-0.15, -0.1) is 11.3 Å². The molecule has 1 fully saturated rings. The molecule has 0 unspecified atom stereocenters. The zero-order valence-electron chi connectivity index (χ0n) is 7.73. The average molecular weight is 211 g/mol. The summed E-state index contributed by atoms with van der Waals surface area (Å²) < 4.78 is 0. The maximum Gasteiger partial charge on any atom is 0.206 e. The number of thiazole rings is 1. The number of aliphatic imine (C=N–C) groups is 1. The summed E-state index contributed by atoms with van der Waals surface area (Å²) in [6.07, 6.45) is 2.41. The second kappa shape index (κ2) is 4.39. The fourth-order valence-electron chi connectivity index (χ4n) is 1.03. The molecule has 1 aliphatic carbocycles. The van der Waals surface area contributed by atoms with Crippen LogP contribution in [0.15, 0.2) is 15.9 Å². The summed E-state index contributed by atoms with van der Waals surface area (Å²) in [6, 6.07) is 0.556. The predicted octanol–water partition coefficient (Wildman–Crippen LogP) is 0.214. The molecule has 0 radical (unpaired) electrons. The average Bonchev–Trinajstić information content (AvgIpc) is 2.86. The van der Waals surface area contributed by atoms with Crippen LogP contribution in [0.5, 0.6) is 0 Å². The topological polar surface area (TPSA) is 75.3 Å². The molecule has 14 heavy (non-hydrogen) atoms. The van der Waals surface area contributed by atoms with Crippen molar-refractivity contribution in [2.45, 2.75) is 25.4 Å². The van der Waals surface area contributed by atoms with Crippen LogP contribution in [0.3, 0.4) is 0 Å². The summed E-state index contributed by atoms with van der Waals surface area (Å²) in [4.78, 5) is 8.41. The standard InChI is InChI=1S/C8H13N5S/c9-13-8(12-6-1-2-6)10-3-7-4-14-5-11-7/h4-6H,1-3,9H2,(H2,10,12,13). The molecule has 1 aliphatic rings. The summed E-state index contributed by atoms with van der Waals surface area (Å²) in [5.74, 6) is 5.98. The lowest BCUT2D eigenvalue weighted by atomic mass is 10.5. The van der Waals surface area contributed by atoms with Crippen LogP contribution in [0.25, 0.3) is 0 Å². The monoisotopic (exact) mass is 211 g/mol. The van der Waals surface area contributed by atoms with Gasteiger partial charge in [-0.1, -0.05) is 0 Å². The fourth-order valence-corrected chi connectivity index (χ4v) is 1.58. The highest BCUT2D eigenvalue weighted by molar-refractivity contribution is 7.07. The van der Waals surface area contributed by atoms with Crippen molar-refractivity contribution in [3.63, 3.8) is 0 Å². The van der Waals surface area contributed by atoms with Crippen LogP contribution in [0.4, 0.5) is 0 Å². The van der Waals surface area contributed by atoms with E-state index in [0.29, 0.717) is 18.5 Å². The van der Waals surface area contributed by atoms with E-state index in [1.165, 1.54) is 12.8 Å². The highest BCUT2D eigenvalue weighted by Crippen LogP contribution is 2.18. The molecule has 1 saturated carbocycles. The molecule has 2 rings (SSSR count). The lowest BCUT2D eigenvalue weighted by molar-refractivity contribution is 0.818. The van der Waals surface area contributed by atoms with E-state index < -0.39 is 0 Å². The Labute approximate surface area is 86.4 Å². The maximum atomic E-state index is 5.33. The molecule has 0 aliphatic heterocycles. The number of hydrazine groups is 1. The number of rotatable bonds is 3. The van der Waals surface area contributed by atoms with Crippen LogP contribution in [0, 0.1) is 0 Å². The van der Waals surface area contributed by atoms with E-state index in [2.05, 4.69) is 20.7 Å². The molecule has 1 aromatic heterocycles. The maximum absolute atomic E-state index is 5.33. The summed E-state index contributed by atoms with van der Waals surface area (Å²) >= 11 is 1.57. The minimum absolute atomic E-state index is 0.556. The van der Waals surface area contributed by atoms with Gasteiger partial charge in [0.25, 0.3) is 0 Å². The van der Waals surface area contributed by atoms with E-state index >= 15 is 0 Å². The lowest BCUT2D eigenvalue weighted by Gasteiger charge is -2.06. The van der Waals surface area contributed by atoms with E-state index in [0.717, 1.165) is 5.69 Å². The van der Waals surface area contributed by atoms with Crippen molar-refractivity contribution >= 4 is 17.3 Å².